The first-order valence-corrected chi connectivity index (χ1v) is 7.24. The van der Waals surface area contributed by atoms with Crippen LogP contribution in [0.2, 0.25) is 0 Å². The second-order valence-electron chi connectivity index (χ2n) is 4.84. The van der Waals surface area contributed by atoms with Crippen molar-refractivity contribution in [2.45, 2.75) is 20.8 Å². The molecule has 0 nitrogen and oxygen atoms in total. The van der Waals surface area contributed by atoms with Crippen LogP contribution in [-0.2, 0) is 0 Å². The van der Waals surface area contributed by atoms with Gasteiger partial charge in [0.15, 0.2) is 0 Å². The summed E-state index contributed by atoms with van der Waals surface area (Å²) in [4.78, 5) is 0. The van der Waals surface area contributed by atoms with Crippen LogP contribution in [0.15, 0.2) is 43.5 Å². The lowest BCUT2D eigenvalue weighted by Crippen LogP contribution is -2.14. The van der Waals surface area contributed by atoms with Gasteiger partial charge >= 0.3 is 0 Å². The molecule has 0 fully saturated rings. The first-order valence-electron chi connectivity index (χ1n) is 6.74. The van der Waals surface area contributed by atoms with Crippen molar-refractivity contribution in [3.05, 3.63) is 77.1 Å². The quantitative estimate of drug-likeness (QED) is 0.715. The Bertz CT molecular complexity index is 657. The first-order chi connectivity index (χ1) is 9.92. The number of rotatable bonds is 2. The molecule has 2 heteroatoms. The van der Waals surface area contributed by atoms with Gasteiger partial charge in [0.2, 0.25) is 0 Å². The molecule has 0 heterocycles. The molecule has 21 heavy (non-hydrogen) atoms. The summed E-state index contributed by atoms with van der Waals surface area (Å²) >= 11 is 0. The van der Waals surface area contributed by atoms with E-state index in [9.17, 15) is 4.39 Å². The maximum atomic E-state index is 12.5. The van der Waals surface area contributed by atoms with Gasteiger partial charge in [0.05, 0.1) is 10.2 Å². The summed E-state index contributed by atoms with van der Waals surface area (Å²) in [6, 6.07) is 8.68. The Morgan fingerprint density at radius 3 is 2.00 bits per heavy atom. The lowest BCUT2D eigenvalue weighted by molar-refractivity contribution is 0.625. The highest BCUT2D eigenvalue weighted by molar-refractivity contribution is 6.35. The highest BCUT2D eigenvalue weighted by atomic mass is 28.1. The molecule has 107 valence electrons. The molecule has 0 aliphatic heterocycles. The van der Waals surface area contributed by atoms with Crippen molar-refractivity contribution in [3.8, 4) is 0 Å². The fourth-order valence-corrected chi connectivity index (χ4v) is 2.28. The van der Waals surface area contributed by atoms with Crippen LogP contribution in [0.4, 0.5) is 4.39 Å². The van der Waals surface area contributed by atoms with Gasteiger partial charge in [0.25, 0.3) is 0 Å². The van der Waals surface area contributed by atoms with Crippen molar-refractivity contribution in [3.63, 3.8) is 0 Å². The molecule has 0 N–H and O–H groups in total. The lowest BCUT2D eigenvalue weighted by atomic mass is 10.0. The van der Waals surface area contributed by atoms with Crippen LogP contribution in [0.3, 0.4) is 0 Å². The van der Waals surface area contributed by atoms with Crippen molar-refractivity contribution >= 4 is 27.6 Å². The van der Waals surface area contributed by atoms with Gasteiger partial charge in [-0.2, -0.15) is 0 Å². The second-order valence-corrected chi connectivity index (χ2v) is 5.34. The van der Waals surface area contributed by atoms with E-state index in [0.717, 1.165) is 5.19 Å². The maximum Gasteiger partial charge on any atom is 0.130 e. The van der Waals surface area contributed by atoms with Crippen LogP contribution in [0.5, 0.6) is 0 Å². The zero-order valence-corrected chi connectivity index (χ0v) is 13.8. The fourth-order valence-electron chi connectivity index (χ4n) is 1.92. The third kappa shape index (κ3) is 4.27. The number of hydrogen-bond donors (Lipinski definition) is 0. The number of benzene rings is 2. The van der Waals surface area contributed by atoms with E-state index in [1.54, 1.807) is 18.2 Å². The van der Waals surface area contributed by atoms with Gasteiger partial charge in [0, 0.05) is 5.56 Å². The molecule has 0 atom stereocenters. The normalized spacial score (nSPS) is 9.57. The molecule has 0 aliphatic rings. The molecule has 0 aliphatic carbocycles. The van der Waals surface area contributed by atoms with Crippen LogP contribution in [0.1, 0.15) is 27.8 Å². The molecule has 2 aromatic carbocycles. The van der Waals surface area contributed by atoms with Crippen LogP contribution in [-0.4, -0.2) is 10.2 Å². The van der Waals surface area contributed by atoms with E-state index >= 15 is 0 Å². The molecule has 0 saturated heterocycles. The molecule has 0 bridgehead atoms. The van der Waals surface area contributed by atoms with Crippen molar-refractivity contribution in [1.82, 2.24) is 0 Å². The molecule has 0 spiro atoms. The number of hydrogen-bond acceptors (Lipinski definition) is 0. The fraction of sp³-hybridized carbons (Fsp3) is 0.158. The van der Waals surface area contributed by atoms with Gasteiger partial charge in [-0.15, -0.1) is 0 Å². The van der Waals surface area contributed by atoms with E-state index in [2.05, 4.69) is 50.2 Å². The summed E-state index contributed by atoms with van der Waals surface area (Å²) in [5, 5.41) is 1.16. The first kappa shape index (κ1) is 17.1. The minimum atomic E-state index is -0.215. The summed E-state index contributed by atoms with van der Waals surface area (Å²) in [6.07, 6.45) is 3.37. The Hall–Kier alpha value is -1.93. The molecule has 0 saturated carbocycles. The standard InChI is InChI=1S/C11H13Si.C8H7F/c1-5-10-6-7(2)8(3)9(4)11(10)12;1-2-7-5-3-4-6-8(7)9/h5-6H,1H2,2-4H3;2-6H,1H2. The minimum Gasteiger partial charge on any atom is -0.206 e. The number of halogens is 1. The molecular formula is C19H20FSi. The lowest BCUT2D eigenvalue weighted by Gasteiger charge is -2.11. The van der Waals surface area contributed by atoms with E-state index in [1.165, 1.54) is 34.4 Å². The zero-order valence-electron chi connectivity index (χ0n) is 12.8. The van der Waals surface area contributed by atoms with Gasteiger partial charge in [-0.3, -0.25) is 0 Å². The summed E-state index contributed by atoms with van der Waals surface area (Å²) in [5.74, 6) is -0.215. The average molecular weight is 295 g/mol. The number of aryl methyl sites for hydroxylation is 1. The summed E-state index contributed by atoms with van der Waals surface area (Å²) in [6.45, 7) is 13.6. The van der Waals surface area contributed by atoms with Gasteiger partial charge in [-0.1, -0.05) is 54.8 Å². The largest absolute Gasteiger partial charge is 0.206 e. The summed E-state index contributed by atoms with van der Waals surface area (Å²) in [7, 11) is 3.61. The Morgan fingerprint density at radius 1 is 0.952 bits per heavy atom. The van der Waals surface area contributed by atoms with Gasteiger partial charge < -0.3 is 0 Å². The van der Waals surface area contributed by atoms with Crippen LogP contribution in [0, 0.1) is 26.6 Å². The minimum absolute atomic E-state index is 0.215. The van der Waals surface area contributed by atoms with Gasteiger partial charge in [-0.05, 0) is 49.1 Å². The molecule has 0 unspecified atom stereocenters. The van der Waals surface area contributed by atoms with Crippen molar-refractivity contribution < 1.29 is 4.39 Å². The van der Waals surface area contributed by atoms with E-state index in [-0.39, 0.29) is 5.82 Å². The molecule has 0 aromatic heterocycles. The molecular weight excluding hydrogens is 275 g/mol. The highest BCUT2D eigenvalue weighted by Gasteiger charge is 2.03. The van der Waals surface area contributed by atoms with Crippen LogP contribution in [0.25, 0.3) is 12.2 Å². The smallest absolute Gasteiger partial charge is 0.130 e. The van der Waals surface area contributed by atoms with E-state index in [0.29, 0.717) is 5.56 Å². The average Bonchev–Trinajstić information content (AvgIpc) is 2.50. The highest BCUT2D eigenvalue weighted by Crippen LogP contribution is 2.13. The second kappa shape index (κ2) is 7.74. The van der Waals surface area contributed by atoms with Crippen LogP contribution < -0.4 is 5.19 Å². The third-order valence-corrected chi connectivity index (χ3v) is 4.20. The molecule has 2 rings (SSSR count). The SMILES string of the molecule is C=Cc1cc(C)c(C)c(C)c1[Si].C=Cc1ccccc1F. The Morgan fingerprint density at radius 2 is 1.52 bits per heavy atom. The molecule has 3 radical (unpaired) electrons. The predicted molar refractivity (Wildman–Crippen MR) is 92.6 cm³/mol. The zero-order chi connectivity index (χ0) is 16.0. The van der Waals surface area contributed by atoms with Crippen molar-refractivity contribution in [2.24, 2.45) is 0 Å². The van der Waals surface area contributed by atoms with E-state index in [1.807, 2.05) is 6.08 Å². The van der Waals surface area contributed by atoms with E-state index < -0.39 is 0 Å². The van der Waals surface area contributed by atoms with Crippen LogP contribution >= 0.6 is 0 Å². The Kier molecular flexibility index (Phi) is 6.31. The molecule has 2 aromatic rings. The Balaban J connectivity index is 0.000000219. The van der Waals surface area contributed by atoms with Crippen molar-refractivity contribution in [2.75, 3.05) is 0 Å². The molecule has 0 amide bonds. The monoisotopic (exact) mass is 295 g/mol. The maximum absolute atomic E-state index is 12.5. The Labute approximate surface area is 130 Å². The predicted octanol–water partition coefficient (Wildman–Crippen LogP) is 4.52. The topological polar surface area (TPSA) is 0 Å². The van der Waals surface area contributed by atoms with Crippen molar-refractivity contribution in [1.29, 1.82) is 0 Å². The summed E-state index contributed by atoms with van der Waals surface area (Å²) in [5.41, 5.74) is 5.71. The van der Waals surface area contributed by atoms with E-state index in [4.69, 9.17) is 0 Å². The third-order valence-electron chi connectivity index (χ3n) is 3.53. The van der Waals surface area contributed by atoms with Gasteiger partial charge in [-0.25, -0.2) is 4.39 Å². The van der Waals surface area contributed by atoms with Gasteiger partial charge in [0.1, 0.15) is 5.82 Å². The summed E-state index contributed by atoms with van der Waals surface area (Å²) < 4.78 is 12.5.